The zero-order valence-electron chi connectivity index (χ0n) is 27.5. The molecule has 0 saturated heterocycles. The molecule has 0 fully saturated rings. The minimum atomic E-state index is -4.47. The second kappa shape index (κ2) is 13.2. The third-order valence-corrected chi connectivity index (χ3v) is 11.4. The van der Waals surface area contributed by atoms with Gasteiger partial charge in [0.2, 0.25) is 5.78 Å². The van der Waals surface area contributed by atoms with Gasteiger partial charge in [0.25, 0.3) is 10.0 Å². The van der Waals surface area contributed by atoms with E-state index in [0.29, 0.717) is 28.0 Å². The van der Waals surface area contributed by atoms with E-state index in [1.165, 1.54) is 47.3 Å². The molecule has 0 atom stereocenters. The van der Waals surface area contributed by atoms with Gasteiger partial charge in [-0.25, -0.2) is 29.9 Å². The van der Waals surface area contributed by atoms with Crippen molar-refractivity contribution in [1.82, 2.24) is 13.8 Å². The summed E-state index contributed by atoms with van der Waals surface area (Å²) >= 11 is 0. The number of aromatic nitrogens is 3. The van der Waals surface area contributed by atoms with Crippen molar-refractivity contribution in [3.05, 3.63) is 130 Å². The number of anilines is 1. The Labute approximate surface area is 292 Å². The van der Waals surface area contributed by atoms with Gasteiger partial charge in [-0.2, -0.15) is 5.10 Å². The van der Waals surface area contributed by atoms with Gasteiger partial charge in [0.1, 0.15) is 23.0 Å². The number of carbonyl (C=O) groups is 2. The molecule has 6 aromatic rings. The number of ether oxygens (including phenoxy) is 1. The van der Waals surface area contributed by atoms with Crippen LogP contribution in [0.5, 0.6) is 11.5 Å². The third kappa shape index (κ3) is 6.85. The number of para-hydroxylation sites is 1. The minimum absolute atomic E-state index is 0.0114. The summed E-state index contributed by atoms with van der Waals surface area (Å²) in [6, 6.07) is 21.1. The Kier molecular flexibility index (Phi) is 9.04. The van der Waals surface area contributed by atoms with E-state index in [2.05, 4.69) is 5.10 Å². The average molecular weight is 731 g/mol. The van der Waals surface area contributed by atoms with Gasteiger partial charge in [0.15, 0.2) is 21.4 Å². The number of nitrogen functional groups attached to an aromatic ring is 1. The molecule has 15 heteroatoms. The fraction of sp³-hybridized carbons (Fsp3) is 0.139. The summed E-state index contributed by atoms with van der Waals surface area (Å²) in [7, 11) is -8.58. The first-order chi connectivity index (χ1) is 24.1. The Hall–Kier alpha value is -5.80. The highest BCUT2D eigenvalue weighted by atomic mass is 32.2. The highest BCUT2D eigenvalue weighted by Gasteiger charge is 2.30. The van der Waals surface area contributed by atoms with E-state index in [1.807, 2.05) is 0 Å². The lowest BCUT2D eigenvalue weighted by Crippen LogP contribution is -2.20. The number of aryl methyl sites for hydroxylation is 3. The summed E-state index contributed by atoms with van der Waals surface area (Å²) in [4.78, 5) is 25.3. The summed E-state index contributed by atoms with van der Waals surface area (Å²) in [6.45, 7) is 5.14. The molecule has 0 aliphatic rings. The zero-order valence-corrected chi connectivity index (χ0v) is 29.1. The summed E-state index contributed by atoms with van der Waals surface area (Å²) in [5.74, 6) is -4.31. The first-order valence-electron chi connectivity index (χ1n) is 15.4. The van der Waals surface area contributed by atoms with Crippen LogP contribution in [0.4, 0.5) is 10.2 Å². The smallest absolute Gasteiger partial charge is 0.318 e. The number of ketones is 1. The number of benzene rings is 4. The number of carboxylic acids is 1. The van der Waals surface area contributed by atoms with Crippen LogP contribution in [0, 0.1) is 26.6 Å². The van der Waals surface area contributed by atoms with Crippen molar-refractivity contribution >= 4 is 48.3 Å². The Bertz CT molecular complexity index is 2590. The van der Waals surface area contributed by atoms with Crippen LogP contribution in [0.2, 0.25) is 0 Å². The van der Waals surface area contributed by atoms with Gasteiger partial charge in [-0.15, -0.1) is 0 Å². The van der Waals surface area contributed by atoms with Gasteiger partial charge in [-0.3, -0.25) is 9.59 Å². The highest BCUT2D eigenvalue weighted by Crippen LogP contribution is 2.33. The number of fused-ring (bicyclic) bond motifs is 1. The highest BCUT2D eigenvalue weighted by molar-refractivity contribution is 7.91. The fourth-order valence-electron chi connectivity index (χ4n) is 5.70. The largest absolute Gasteiger partial charge is 0.480 e. The Morgan fingerprint density at radius 1 is 0.902 bits per heavy atom. The van der Waals surface area contributed by atoms with Crippen LogP contribution in [0.1, 0.15) is 38.3 Å². The van der Waals surface area contributed by atoms with Gasteiger partial charge in [0, 0.05) is 5.39 Å². The van der Waals surface area contributed by atoms with Crippen LogP contribution in [-0.2, 0) is 30.4 Å². The maximum atomic E-state index is 14.3. The van der Waals surface area contributed by atoms with Crippen molar-refractivity contribution < 1.29 is 40.7 Å². The topological polar surface area (TPSA) is 181 Å². The Balaban J connectivity index is 1.45. The molecule has 0 radical (unpaired) electrons. The maximum Gasteiger partial charge on any atom is 0.318 e. The molecule has 0 aliphatic carbocycles. The molecule has 3 N–H and O–H groups in total. The van der Waals surface area contributed by atoms with E-state index in [9.17, 15) is 30.8 Å². The number of hydrogen-bond acceptors (Lipinski definition) is 9. The van der Waals surface area contributed by atoms with Crippen molar-refractivity contribution in [2.75, 3.05) is 11.5 Å². The van der Waals surface area contributed by atoms with Crippen molar-refractivity contribution in [3.8, 4) is 17.2 Å². The number of halogens is 1. The number of hydrogen-bond donors (Lipinski definition) is 2. The van der Waals surface area contributed by atoms with E-state index in [-0.39, 0.29) is 38.8 Å². The summed E-state index contributed by atoms with van der Waals surface area (Å²) in [5, 5.41) is 13.7. The van der Waals surface area contributed by atoms with Crippen LogP contribution >= 0.6 is 0 Å². The molecule has 2 aromatic heterocycles. The molecule has 0 saturated carbocycles. The second-order valence-electron chi connectivity index (χ2n) is 12.0. The van der Waals surface area contributed by atoms with Crippen LogP contribution in [0.3, 0.4) is 0 Å². The monoisotopic (exact) mass is 730 g/mol. The maximum absolute atomic E-state index is 14.3. The van der Waals surface area contributed by atoms with Crippen molar-refractivity contribution in [3.63, 3.8) is 0 Å². The van der Waals surface area contributed by atoms with Gasteiger partial charge < -0.3 is 15.6 Å². The number of nitrogens with two attached hydrogens (primary N) is 1. The molecule has 4 aromatic carbocycles. The number of sulfone groups is 1. The molecule has 2 heterocycles. The van der Waals surface area contributed by atoms with Gasteiger partial charge >= 0.3 is 5.97 Å². The molecule has 12 nitrogen and oxygen atoms in total. The van der Waals surface area contributed by atoms with Gasteiger partial charge in [-0.05, 0) is 98.1 Å². The van der Waals surface area contributed by atoms with E-state index in [0.717, 1.165) is 9.54 Å². The minimum Gasteiger partial charge on any atom is -0.480 e. The molecule has 6 rings (SSSR count). The second-order valence-corrected chi connectivity index (χ2v) is 15.9. The van der Waals surface area contributed by atoms with E-state index >= 15 is 0 Å². The molecule has 262 valence electrons. The number of aliphatic carboxylic acids is 1. The fourth-order valence-corrected chi connectivity index (χ4v) is 8.47. The standard InChI is InChI=1S/C36H31FN4O8S2/c1-21-8-11-27(12-9-21)51(47,48)41-31-17-25(19-50(45,46)20-34(42)43)22(2)14-24(31)16-32(41)35(44)28-18-39-40(36(28)38)30-13-10-26(15-23(30)3)49-33-7-5-4-6-29(33)37/h4-18H,19-20,38H2,1-3H3,(H,42,43). The van der Waals surface area contributed by atoms with Crippen molar-refractivity contribution in [1.29, 1.82) is 0 Å². The molecule has 51 heavy (non-hydrogen) atoms. The quantitative estimate of drug-likeness (QED) is 0.156. The summed E-state index contributed by atoms with van der Waals surface area (Å²) < 4.78 is 75.8. The molecule has 0 unspecified atom stereocenters. The predicted molar refractivity (Wildman–Crippen MR) is 188 cm³/mol. The summed E-state index contributed by atoms with van der Waals surface area (Å²) in [6.07, 6.45) is 1.22. The van der Waals surface area contributed by atoms with Gasteiger partial charge in [-0.1, -0.05) is 29.8 Å². The number of rotatable bonds is 11. The number of carbonyl (C=O) groups excluding carboxylic acids is 1. The molecule has 0 aliphatic heterocycles. The lowest BCUT2D eigenvalue weighted by atomic mass is 10.1. The first kappa shape index (κ1) is 35.0. The number of nitrogens with zero attached hydrogens (tertiary/aromatic N) is 3. The van der Waals surface area contributed by atoms with Crippen molar-refractivity contribution in [2.45, 2.75) is 31.4 Å². The normalized spacial score (nSPS) is 11.9. The van der Waals surface area contributed by atoms with Crippen LogP contribution in [0.25, 0.3) is 16.6 Å². The third-order valence-electron chi connectivity index (χ3n) is 8.24. The van der Waals surface area contributed by atoms with Crippen LogP contribution in [0.15, 0.2) is 96.0 Å². The molecular formula is C36H31FN4O8S2. The SMILES string of the molecule is Cc1ccc(S(=O)(=O)n2c(C(=O)c3cnn(-c4ccc(Oc5ccccc5F)cc4C)c3N)cc3cc(C)c(CS(=O)(=O)CC(=O)O)cc32)cc1. The first-order valence-corrected chi connectivity index (χ1v) is 18.6. The molecule has 0 amide bonds. The lowest BCUT2D eigenvalue weighted by molar-refractivity contribution is -0.134. The van der Waals surface area contributed by atoms with E-state index in [4.69, 9.17) is 15.6 Å². The average Bonchev–Trinajstić information content (AvgIpc) is 3.62. The summed E-state index contributed by atoms with van der Waals surface area (Å²) in [5.41, 5.74) is 8.62. The van der Waals surface area contributed by atoms with E-state index in [1.54, 1.807) is 69.3 Å². The van der Waals surface area contributed by atoms with E-state index < -0.39 is 48.9 Å². The van der Waals surface area contributed by atoms with Crippen LogP contribution < -0.4 is 10.5 Å². The molecule has 0 bridgehead atoms. The Morgan fingerprint density at radius 3 is 2.27 bits per heavy atom. The van der Waals surface area contributed by atoms with Crippen molar-refractivity contribution in [2.24, 2.45) is 0 Å². The molecular weight excluding hydrogens is 700 g/mol. The molecule has 0 spiro atoms. The zero-order chi connectivity index (χ0) is 36.8. The predicted octanol–water partition coefficient (Wildman–Crippen LogP) is 5.73. The number of carboxylic acid groups (broad SMARTS) is 1. The van der Waals surface area contributed by atoms with Crippen LogP contribution in [-0.4, -0.2) is 53.2 Å². The lowest BCUT2D eigenvalue weighted by Gasteiger charge is -2.14. The van der Waals surface area contributed by atoms with Gasteiger partial charge in [0.05, 0.1) is 33.6 Å². The Morgan fingerprint density at radius 2 is 1.61 bits per heavy atom.